The van der Waals surface area contributed by atoms with Crippen molar-refractivity contribution in [3.05, 3.63) is 65.4 Å². The number of nitrogens with one attached hydrogen (secondary N) is 1. The zero-order valence-electron chi connectivity index (χ0n) is 24.2. The molecule has 2 atom stereocenters. The van der Waals surface area contributed by atoms with Crippen LogP contribution in [0.5, 0.6) is 17.4 Å². The number of hydrogen-bond acceptors (Lipinski definition) is 11. The number of sulfone groups is 1. The largest absolute Gasteiger partial charge is 0.487 e. The molecule has 11 nitrogen and oxygen atoms in total. The first-order valence-electron chi connectivity index (χ1n) is 13.9. The van der Waals surface area contributed by atoms with E-state index in [1.165, 1.54) is 0 Å². The van der Waals surface area contributed by atoms with Gasteiger partial charge in [0, 0.05) is 30.6 Å². The van der Waals surface area contributed by atoms with Crippen LogP contribution in [0.25, 0.3) is 0 Å². The van der Waals surface area contributed by atoms with E-state index in [0.717, 1.165) is 17.4 Å². The van der Waals surface area contributed by atoms with Crippen molar-refractivity contribution in [3.63, 3.8) is 0 Å². The van der Waals surface area contributed by atoms with Crippen LogP contribution >= 0.6 is 0 Å². The Kier molecular flexibility index (Phi) is 9.78. The van der Waals surface area contributed by atoms with E-state index in [2.05, 4.69) is 15.3 Å². The molecular formula is C29H33F3N4O7S. The second-order valence-corrected chi connectivity index (χ2v) is 12.5. The van der Waals surface area contributed by atoms with Crippen molar-refractivity contribution in [1.82, 2.24) is 14.9 Å². The Balaban J connectivity index is 1.41. The molecule has 2 heterocycles. The van der Waals surface area contributed by atoms with Crippen LogP contribution in [0.3, 0.4) is 0 Å². The number of benzene rings is 2. The predicted octanol–water partition coefficient (Wildman–Crippen LogP) is 4.02. The van der Waals surface area contributed by atoms with Crippen molar-refractivity contribution >= 4 is 21.5 Å². The monoisotopic (exact) mass is 638 g/mol. The summed E-state index contributed by atoms with van der Waals surface area (Å²) in [5.74, 6) is -0.272. The standard InChI is InChI=1S/C29H33F3N4O7S/c1-36(18-44(2,37)38)26-21-6-4-3-5-19(21)15-25(26)43-27-22(29(30,31)32)17-33-28(35-27)34-20-7-8-23-24(16-20)42-14-12-40-10-9-39-11-13-41-23/h3-8,16-17,25-26H,9-15,18H2,1-2H3,(H,33,34,35)/t25-,26-/m1/s1. The first-order chi connectivity index (χ1) is 21.0. The van der Waals surface area contributed by atoms with Gasteiger partial charge in [-0.25, -0.2) is 13.4 Å². The molecule has 44 heavy (non-hydrogen) atoms. The minimum atomic E-state index is -4.80. The molecule has 2 aliphatic rings. The molecule has 15 heteroatoms. The van der Waals surface area contributed by atoms with Crippen LogP contribution in [0.2, 0.25) is 0 Å². The molecule has 1 aromatic heterocycles. The van der Waals surface area contributed by atoms with Crippen molar-refractivity contribution in [2.24, 2.45) is 0 Å². The molecule has 0 amide bonds. The quantitative estimate of drug-likeness (QED) is 0.404. The normalized spacial score (nSPS) is 19.5. The number of alkyl halides is 3. The van der Waals surface area contributed by atoms with E-state index in [0.29, 0.717) is 49.8 Å². The predicted molar refractivity (Wildman–Crippen MR) is 154 cm³/mol. The van der Waals surface area contributed by atoms with E-state index in [9.17, 15) is 21.6 Å². The van der Waals surface area contributed by atoms with Crippen LogP contribution in [0.15, 0.2) is 48.7 Å². The summed E-state index contributed by atoms with van der Waals surface area (Å²) in [7, 11) is -1.83. The van der Waals surface area contributed by atoms with Gasteiger partial charge >= 0.3 is 6.18 Å². The number of fused-ring (bicyclic) bond motifs is 2. The summed E-state index contributed by atoms with van der Waals surface area (Å²) >= 11 is 0. The zero-order chi connectivity index (χ0) is 31.3. The third-order valence-corrected chi connectivity index (χ3v) is 7.80. The molecule has 5 rings (SSSR count). The number of hydrogen-bond donors (Lipinski definition) is 1. The Hall–Kier alpha value is -3.66. The van der Waals surface area contributed by atoms with E-state index < -0.39 is 39.6 Å². The molecule has 0 saturated carbocycles. The van der Waals surface area contributed by atoms with Gasteiger partial charge in [0.2, 0.25) is 11.8 Å². The van der Waals surface area contributed by atoms with Gasteiger partial charge in [-0.1, -0.05) is 24.3 Å². The molecule has 2 aromatic carbocycles. The Labute approximate surface area is 253 Å². The summed E-state index contributed by atoms with van der Waals surface area (Å²) in [6.07, 6.45) is -3.64. The molecule has 238 valence electrons. The lowest BCUT2D eigenvalue weighted by molar-refractivity contribution is -0.140. The first-order valence-corrected chi connectivity index (χ1v) is 15.9. The van der Waals surface area contributed by atoms with Gasteiger partial charge in [0.1, 0.15) is 30.8 Å². The van der Waals surface area contributed by atoms with Crippen LogP contribution in [0, 0.1) is 0 Å². The number of ether oxygens (including phenoxy) is 5. The summed E-state index contributed by atoms with van der Waals surface area (Å²) in [5, 5.41) is 2.92. The fourth-order valence-corrected chi connectivity index (χ4v) is 6.06. The van der Waals surface area contributed by atoms with Crippen molar-refractivity contribution in [2.45, 2.75) is 24.7 Å². The number of halogens is 3. The number of anilines is 2. The summed E-state index contributed by atoms with van der Waals surface area (Å²) in [6, 6.07) is 11.6. The SMILES string of the molecule is CN(CS(C)(=O)=O)[C@@H]1c2ccccc2C[C@H]1Oc1nc(Nc2ccc3c(c2)OCCOCCOCCO3)ncc1C(F)(F)F. The molecule has 1 N–H and O–H groups in total. The van der Waals surface area contributed by atoms with Crippen molar-refractivity contribution in [1.29, 1.82) is 0 Å². The smallest absolute Gasteiger partial charge is 0.423 e. The lowest BCUT2D eigenvalue weighted by Crippen LogP contribution is -2.37. The minimum absolute atomic E-state index is 0.143. The van der Waals surface area contributed by atoms with Gasteiger partial charge < -0.3 is 29.0 Å². The molecule has 0 spiro atoms. The number of likely N-dealkylation sites (N-methyl/N-ethyl adjacent to an activating group) is 1. The van der Waals surface area contributed by atoms with Crippen molar-refractivity contribution < 1.29 is 45.3 Å². The Bertz CT molecular complexity index is 1560. The summed E-state index contributed by atoms with van der Waals surface area (Å²) in [4.78, 5) is 9.57. The first kappa shape index (κ1) is 31.8. The van der Waals surface area contributed by atoms with Crippen LogP contribution in [0.4, 0.5) is 24.8 Å². The Morgan fingerprint density at radius 3 is 2.39 bits per heavy atom. The highest BCUT2D eigenvalue weighted by molar-refractivity contribution is 7.90. The third-order valence-electron chi connectivity index (χ3n) is 6.92. The van der Waals surface area contributed by atoms with Gasteiger partial charge in [-0.05, 0) is 30.3 Å². The van der Waals surface area contributed by atoms with Crippen LogP contribution < -0.4 is 19.5 Å². The van der Waals surface area contributed by atoms with Gasteiger partial charge in [-0.2, -0.15) is 18.2 Å². The fraction of sp³-hybridized carbons (Fsp3) is 0.448. The maximum Gasteiger partial charge on any atom is 0.423 e. The Morgan fingerprint density at radius 1 is 1.00 bits per heavy atom. The average Bonchev–Trinajstić information content (AvgIpc) is 3.30. The lowest BCUT2D eigenvalue weighted by atomic mass is 10.1. The summed E-state index contributed by atoms with van der Waals surface area (Å²) in [6.45, 7) is 2.10. The topological polar surface area (TPSA) is 121 Å². The number of rotatable bonds is 7. The molecule has 3 aromatic rings. The van der Waals surface area contributed by atoms with Crippen LogP contribution in [0.1, 0.15) is 22.7 Å². The second-order valence-electron chi connectivity index (χ2n) is 10.4. The van der Waals surface area contributed by atoms with Crippen molar-refractivity contribution in [3.8, 4) is 17.4 Å². The van der Waals surface area contributed by atoms with Crippen molar-refractivity contribution in [2.75, 3.05) is 64.1 Å². The number of aromatic nitrogens is 2. The van der Waals surface area contributed by atoms with E-state index in [4.69, 9.17) is 23.7 Å². The molecule has 0 saturated heterocycles. The third kappa shape index (κ3) is 8.08. The molecular weight excluding hydrogens is 605 g/mol. The summed E-state index contributed by atoms with van der Waals surface area (Å²) in [5.41, 5.74) is 0.908. The number of nitrogens with zero attached hydrogens (tertiary/aromatic N) is 3. The Morgan fingerprint density at radius 2 is 1.68 bits per heavy atom. The maximum absolute atomic E-state index is 14.1. The van der Waals surface area contributed by atoms with Gasteiger partial charge in [-0.15, -0.1) is 0 Å². The molecule has 0 bridgehead atoms. The molecule has 0 fully saturated rings. The van der Waals surface area contributed by atoms with Gasteiger partial charge in [-0.3, -0.25) is 4.90 Å². The average molecular weight is 639 g/mol. The van der Waals surface area contributed by atoms with Gasteiger partial charge in [0.15, 0.2) is 21.3 Å². The summed E-state index contributed by atoms with van der Waals surface area (Å²) < 4.78 is 94.9. The van der Waals surface area contributed by atoms with Gasteiger partial charge in [0.05, 0.1) is 32.5 Å². The van der Waals surface area contributed by atoms with E-state index in [1.807, 2.05) is 18.2 Å². The molecule has 0 radical (unpaired) electrons. The highest BCUT2D eigenvalue weighted by Gasteiger charge is 2.41. The fourth-order valence-electron chi connectivity index (χ4n) is 5.16. The van der Waals surface area contributed by atoms with E-state index >= 15 is 0 Å². The van der Waals surface area contributed by atoms with Crippen LogP contribution in [-0.2, 0) is 31.9 Å². The van der Waals surface area contributed by atoms with E-state index in [-0.39, 0.29) is 31.5 Å². The zero-order valence-corrected chi connectivity index (χ0v) is 25.0. The molecule has 1 aliphatic carbocycles. The van der Waals surface area contributed by atoms with Gasteiger partial charge in [0.25, 0.3) is 0 Å². The van der Waals surface area contributed by atoms with E-state index in [1.54, 1.807) is 36.2 Å². The maximum atomic E-state index is 14.1. The molecule has 1 aliphatic heterocycles. The second kappa shape index (κ2) is 13.5. The highest BCUT2D eigenvalue weighted by Crippen LogP contribution is 2.41. The lowest BCUT2D eigenvalue weighted by Gasteiger charge is -2.30. The molecule has 0 unspecified atom stereocenters. The minimum Gasteiger partial charge on any atom is -0.487 e. The highest BCUT2D eigenvalue weighted by atomic mass is 32.2. The van der Waals surface area contributed by atoms with Crippen LogP contribution in [-0.4, -0.2) is 88.2 Å².